The molecule has 0 atom stereocenters. The summed E-state index contributed by atoms with van der Waals surface area (Å²) in [5, 5.41) is 0.311. The van der Waals surface area contributed by atoms with Crippen LogP contribution in [0, 0.1) is 13.8 Å². The Morgan fingerprint density at radius 2 is 1.75 bits per heavy atom. The molecule has 66 valence electrons. The van der Waals surface area contributed by atoms with Crippen LogP contribution in [0.5, 0.6) is 0 Å². The second-order valence-electron chi connectivity index (χ2n) is 2.68. The molecule has 0 bridgehead atoms. The lowest BCUT2D eigenvalue weighted by Gasteiger charge is -2.06. The van der Waals surface area contributed by atoms with Crippen LogP contribution < -0.4 is 5.73 Å². The van der Waals surface area contributed by atoms with Crippen LogP contribution in [0.25, 0.3) is 0 Å². The molecular formula is C8H12ClN3. The third-order valence-electron chi connectivity index (χ3n) is 1.79. The summed E-state index contributed by atoms with van der Waals surface area (Å²) in [6, 6.07) is 0. The summed E-state index contributed by atoms with van der Waals surface area (Å²) >= 11 is 5.67. The van der Waals surface area contributed by atoms with Gasteiger partial charge in [-0.3, -0.25) is 0 Å². The Kier molecular flexibility index (Phi) is 3.00. The van der Waals surface area contributed by atoms with Crippen LogP contribution in [0.4, 0.5) is 0 Å². The maximum Gasteiger partial charge on any atom is 0.222 e. The van der Waals surface area contributed by atoms with E-state index in [9.17, 15) is 0 Å². The lowest BCUT2D eigenvalue weighted by Crippen LogP contribution is -2.08. The highest BCUT2D eigenvalue weighted by molar-refractivity contribution is 6.28. The lowest BCUT2D eigenvalue weighted by molar-refractivity contribution is 0.895. The molecule has 0 saturated heterocycles. The van der Waals surface area contributed by atoms with Crippen molar-refractivity contribution in [2.45, 2.75) is 20.3 Å². The minimum absolute atomic E-state index is 0.311. The molecule has 0 saturated carbocycles. The van der Waals surface area contributed by atoms with E-state index in [4.69, 9.17) is 17.3 Å². The highest BCUT2D eigenvalue weighted by Crippen LogP contribution is 2.12. The Labute approximate surface area is 77.0 Å². The van der Waals surface area contributed by atoms with Crippen LogP contribution in [0.15, 0.2) is 0 Å². The van der Waals surface area contributed by atoms with Crippen molar-refractivity contribution >= 4 is 11.6 Å². The number of hydrogen-bond donors (Lipinski definition) is 1. The zero-order chi connectivity index (χ0) is 9.14. The van der Waals surface area contributed by atoms with E-state index in [1.807, 2.05) is 13.8 Å². The second-order valence-corrected chi connectivity index (χ2v) is 3.02. The fourth-order valence-corrected chi connectivity index (χ4v) is 1.46. The fraction of sp³-hybridized carbons (Fsp3) is 0.500. The fourth-order valence-electron chi connectivity index (χ4n) is 1.20. The first-order valence-electron chi connectivity index (χ1n) is 3.85. The Morgan fingerprint density at radius 3 is 2.17 bits per heavy atom. The maximum atomic E-state index is 5.67. The summed E-state index contributed by atoms with van der Waals surface area (Å²) in [6.07, 6.45) is 0.814. The quantitative estimate of drug-likeness (QED) is 0.706. The van der Waals surface area contributed by atoms with E-state index in [0.717, 1.165) is 23.4 Å². The smallest absolute Gasteiger partial charge is 0.222 e. The number of nitrogens with two attached hydrogens (primary N) is 1. The van der Waals surface area contributed by atoms with Gasteiger partial charge in [-0.2, -0.15) is 0 Å². The van der Waals surface area contributed by atoms with Gasteiger partial charge in [0, 0.05) is 11.4 Å². The third-order valence-corrected chi connectivity index (χ3v) is 1.96. The summed E-state index contributed by atoms with van der Waals surface area (Å²) in [6.45, 7) is 4.46. The van der Waals surface area contributed by atoms with E-state index in [0.29, 0.717) is 11.8 Å². The van der Waals surface area contributed by atoms with Crippen molar-refractivity contribution in [1.29, 1.82) is 0 Å². The molecule has 3 nitrogen and oxygen atoms in total. The zero-order valence-electron chi connectivity index (χ0n) is 7.26. The minimum atomic E-state index is 0.311. The number of rotatable bonds is 2. The molecule has 0 unspecified atom stereocenters. The zero-order valence-corrected chi connectivity index (χ0v) is 8.02. The van der Waals surface area contributed by atoms with E-state index in [1.54, 1.807) is 0 Å². The average molecular weight is 186 g/mol. The topological polar surface area (TPSA) is 51.8 Å². The Balaban J connectivity index is 3.10. The van der Waals surface area contributed by atoms with E-state index >= 15 is 0 Å². The molecule has 4 heteroatoms. The predicted octanol–water partition coefficient (Wildman–Crippen LogP) is 1.25. The number of halogens is 1. The number of aromatic nitrogens is 2. The first kappa shape index (κ1) is 9.42. The molecule has 1 heterocycles. The average Bonchev–Trinajstić information content (AvgIpc) is 1.96. The van der Waals surface area contributed by atoms with Crippen molar-refractivity contribution in [2.24, 2.45) is 5.73 Å². The van der Waals surface area contributed by atoms with Gasteiger partial charge in [-0.05, 0) is 44.0 Å². The van der Waals surface area contributed by atoms with Crippen molar-refractivity contribution in [3.63, 3.8) is 0 Å². The molecule has 1 rings (SSSR count). The van der Waals surface area contributed by atoms with Crippen LogP contribution in [0.1, 0.15) is 17.0 Å². The maximum absolute atomic E-state index is 5.67. The van der Waals surface area contributed by atoms with Gasteiger partial charge < -0.3 is 5.73 Å². The van der Waals surface area contributed by atoms with Gasteiger partial charge in [0.05, 0.1) is 0 Å². The standard InChI is InChI=1S/C8H12ClN3/c1-5-7(3-4-10)6(2)12-8(9)11-5/h3-4,10H2,1-2H3. The largest absolute Gasteiger partial charge is 0.330 e. The SMILES string of the molecule is Cc1nc(Cl)nc(C)c1CCN. The number of nitrogens with zero attached hydrogens (tertiary/aromatic N) is 2. The molecule has 2 N–H and O–H groups in total. The number of aryl methyl sites for hydroxylation is 2. The normalized spacial score (nSPS) is 10.3. The van der Waals surface area contributed by atoms with E-state index in [-0.39, 0.29) is 0 Å². The van der Waals surface area contributed by atoms with Crippen molar-refractivity contribution in [3.8, 4) is 0 Å². The van der Waals surface area contributed by atoms with E-state index in [2.05, 4.69) is 9.97 Å². The van der Waals surface area contributed by atoms with Gasteiger partial charge in [-0.1, -0.05) is 0 Å². The Hall–Kier alpha value is -0.670. The molecule has 0 aliphatic carbocycles. The molecule has 0 aliphatic heterocycles. The summed E-state index contributed by atoms with van der Waals surface area (Å²) in [7, 11) is 0. The highest BCUT2D eigenvalue weighted by Gasteiger charge is 2.05. The highest BCUT2D eigenvalue weighted by atomic mass is 35.5. The summed E-state index contributed by atoms with van der Waals surface area (Å²) < 4.78 is 0. The van der Waals surface area contributed by atoms with Crippen molar-refractivity contribution < 1.29 is 0 Å². The van der Waals surface area contributed by atoms with Gasteiger partial charge in [0.1, 0.15) is 0 Å². The van der Waals surface area contributed by atoms with E-state index in [1.165, 1.54) is 0 Å². The van der Waals surface area contributed by atoms with Gasteiger partial charge in [0.2, 0.25) is 5.28 Å². The molecule has 0 aromatic carbocycles. The van der Waals surface area contributed by atoms with Crippen LogP contribution >= 0.6 is 11.6 Å². The first-order valence-corrected chi connectivity index (χ1v) is 4.22. The molecule has 1 aromatic heterocycles. The summed E-state index contributed by atoms with van der Waals surface area (Å²) in [5.74, 6) is 0. The summed E-state index contributed by atoms with van der Waals surface area (Å²) in [4.78, 5) is 8.10. The van der Waals surface area contributed by atoms with Crippen LogP contribution in [-0.2, 0) is 6.42 Å². The molecular weight excluding hydrogens is 174 g/mol. The van der Waals surface area contributed by atoms with Crippen LogP contribution in [0.3, 0.4) is 0 Å². The molecule has 0 aliphatic rings. The molecule has 0 amide bonds. The van der Waals surface area contributed by atoms with Crippen molar-refractivity contribution in [3.05, 3.63) is 22.2 Å². The molecule has 12 heavy (non-hydrogen) atoms. The second kappa shape index (κ2) is 3.83. The van der Waals surface area contributed by atoms with Crippen molar-refractivity contribution in [1.82, 2.24) is 9.97 Å². The van der Waals surface area contributed by atoms with Gasteiger partial charge in [-0.15, -0.1) is 0 Å². The van der Waals surface area contributed by atoms with E-state index < -0.39 is 0 Å². The van der Waals surface area contributed by atoms with Gasteiger partial charge in [0.15, 0.2) is 0 Å². The van der Waals surface area contributed by atoms with Crippen LogP contribution in [-0.4, -0.2) is 16.5 Å². The van der Waals surface area contributed by atoms with Gasteiger partial charge in [-0.25, -0.2) is 9.97 Å². The molecule has 0 spiro atoms. The third kappa shape index (κ3) is 1.93. The van der Waals surface area contributed by atoms with Crippen molar-refractivity contribution in [2.75, 3.05) is 6.54 Å². The molecule has 0 radical (unpaired) electrons. The first-order chi connectivity index (χ1) is 5.65. The molecule has 0 fully saturated rings. The monoisotopic (exact) mass is 185 g/mol. The lowest BCUT2D eigenvalue weighted by atomic mass is 10.1. The molecule has 1 aromatic rings. The number of hydrogen-bond acceptors (Lipinski definition) is 3. The minimum Gasteiger partial charge on any atom is -0.330 e. The predicted molar refractivity (Wildman–Crippen MR) is 49.3 cm³/mol. The Morgan fingerprint density at radius 1 is 1.25 bits per heavy atom. The Bertz CT molecular complexity index is 263. The van der Waals surface area contributed by atoms with Crippen LogP contribution in [0.2, 0.25) is 5.28 Å². The van der Waals surface area contributed by atoms with Gasteiger partial charge in [0.25, 0.3) is 0 Å². The summed E-state index contributed by atoms with van der Waals surface area (Å²) in [5.41, 5.74) is 8.42. The van der Waals surface area contributed by atoms with Gasteiger partial charge >= 0.3 is 0 Å².